The molecule has 0 saturated carbocycles. The van der Waals surface area contributed by atoms with E-state index in [0.717, 1.165) is 25.2 Å². The number of benzene rings is 1. The van der Waals surface area contributed by atoms with Crippen LogP contribution in [0.3, 0.4) is 0 Å². The molecule has 136 valence electrons. The predicted octanol–water partition coefficient (Wildman–Crippen LogP) is 1.37. The molecule has 0 aromatic heterocycles. The monoisotopic (exact) mass is 347 g/mol. The van der Waals surface area contributed by atoms with Gasteiger partial charge < -0.3 is 25.4 Å². The van der Waals surface area contributed by atoms with Gasteiger partial charge in [0.05, 0.1) is 30.6 Å². The van der Waals surface area contributed by atoms with Crippen molar-refractivity contribution in [1.29, 1.82) is 0 Å². The molecule has 1 aromatic carbocycles. The number of nitrogens with zero attached hydrogens (tertiary/aromatic N) is 1. The molecule has 3 N–H and O–H groups in total. The summed E-state index contributed by atoms with van der Waals surface area (Å²) in [7, 11) is 0. The highest BCUT2D eigenvalue weighted by molar-refractivity contribution is 6.04. The normalized spacial score (nSPS) is 26.5. The molecule has 1 aromatic rings. The highest BCUT2D eigenvalue weighted by Gasteiger charge is 2.35. The second-order valence-corrected chi connectivity index (χ2v) is 6.76. The van der Waals surface area contributed by atoms with Crippen molar-refractivity contribution in [3.05, 3.63) is 23.8 Å². The number of carbonyl (C=O) groups excluding carboxylic acids is 2. The molecule has 2 saturated heterocycles. The Balaban J connectivity index is 1.78. The third-order valence-corrected chi connectivity index (χ3v) is 4.76. The zero-order valence-electron chi connectivity index (χ0n) is 14.7. The molecule has 2 fully saturated rings. The fourth-order valence-corrected chi connectivity index (χ4v) is 3.47. The summed E-state index contributed by atoms with van der Waals surface area (Å²) in [5, 5.41) is 2.81. The zero-order valence-corrected chi connectivity index (χ0v) is 14.7. The van der Waals surface area contributed by atoms with Crippen molar-refractivity contribution in [3.8, 4) is 0 Å². The van der Waals surface area contributed by atoms with Gasteiger partial charge in [-0.1, -0.05) is 6.92 Å². The van der Waals surface area contributed by atoms with E-state index in [1.165, 1.54) is 0 Å². The maximum Gasteiger partial charge on any atom is 0.253 e. The Hall–Kier alpha value is -2.12. The molecule has 0 radical (unpaired) electrons. The molecular weight excluding hydrogens is 322 g/mol. The first-order valence-electron chi connectivity index (χ1n) is 8.68. The standard InChI is InChI=1S/C18H25N3O4/c1-11-9-12(2)25-16(11)18(23)20-15-4-3-13(10-14(15)17(19)22)21-5-7-24-8-6-21/h3-4,10-12,16H,5-9H2,1-2H3,(H2,19,22)(H,20,23)/t11-,12+,16+/m0/s1. The second kappa shape index (κ2) is 7.41. The molecule has 3 rings (SSSR count). The largest absolute Gasteiger partial charge is 0.378 e. The predicted molar refractivity (Wildman–Crippen MR) is 94.7 cm³/mol. The molecule has 3 atom stereocenters. The van der Waals surface area contributed by atoms with Gasteiger partial charge in [0, 0.05) is 18.8 Å². The summed E-state index contributed by atoms with van der Waals surface area (Å²) in [5.41, 5.74) is 7.15. The SMILES string of the molecule is C[C@@H]1C[C@H](C)[C@H](C(=O)Nc2ccc(N3CCOCC3)cc2C(N)=O)O1. The lowest BCUT2D eigenvalue weighted by Gasteiger charge is -2.29. The van der Waals surface area contributed by atoms with E-state index < -0.39 is 12.0 Å². The van der Waals surface area contributed by atoms with E-state index in [1.54, 1.807) is 12.1 Å². The lowest BCUT2D eigenvalue weighted by Crippen LogP contribution is -2.36. The van der Waals surface area contributed by atoms with Crippen molar-refractivity contribution >= 4 is 23.2 Å². The molecule has 0 unspecified atom stereocenters. The molecule has 2 heterocycles. The van der Waals surface area contributed by atoms with E-state index in [0.29, 0.717) is 24.5 Å². The summed E-state index contributed by atoms with van der Waals surface area (Å²) in [4.78, 5) is 26.5. The smallest absolute Gasteiger partial charge is 0.253 e. The number of ether oxygens (including phenoxy) is 2. The number of nitrogens with two attached hydrogens (primary N) is 1. The van der Waals surface area contributed by atoms with Crippen LogP contribution in [0.5, 0.6) is 0 Å². The van der Waals surface area contributed by atoms with Gasteiger partial charge in [0.15, 0.2) is 0 Å². The van der Waals surface area contributed by atoms with Gasteiger partial charge >= 0.3 is 0 Å². The second-order valence-electron chi connectivity index (χ2n) is 6.76. The van der Waals surface area contributed by atoms with E-state index in [4.69, 9.17) is 15.2 Å². The fourth-order valence-electron chi connectivity index (χ4n) is 3.47. The van der Waals surface area contributed by atoms with E-state index in [-0.39, 0.29) is 17.9 Å². The zero-order chi connectivity index (χ0) is 18.0. The Labute approximate surface area is 147 Å². The quantitative estimate of drug-likeness (QED) is 0.858. The first-order chi connectivity index (χ1) is 12.0. The first-order valence-corrected chi connectivity index (χ1v) is 8.68. The number of hydrogen-bond donors (Lipinski definition) is 2. The topological polar surface area (TPSA) is 93.9 Å². The van der Waals surface area contributed by atoms with Crippen LogP contribution in [-0.4, -0.2) is 50.3 Å². The van der Waals surface area contributed by atoms with Crippen LogP contribution in [0.2, 0.25) is 0 Å². The van der Waals surface area contributed by atoms with E-state index in [9.17, 15) is 9.59 Å². The Morgan fingerprint density at radius 3 is 2.56 bits per heavy atom. The van der Waals surface area contributed by atoms with Gasteiger partial charge in [-0.3, -0.25) is 9.59 Å². The van der Waals surface area contributed by atoms with Gasteiger partial charge in [0.1, 0.15) is 6.10 Å². The van der Waals surface area contributed by atoms with Crippen molar-refractivity contribution in [1.82, 2.24) is 0 Å². The highest BCUT2D eigenvalue weighted by Crippen LogP contribution is 2.28. The van der Waals surface area contributed by atoms with Crippen LogP contribution in [-0.2, 0) is 14.3 Å². The molecule has 2 amide bonds. The number of carbonyl (C=O) groups is 2. The summed E-state index contributed by atoms with van der Waals surface area (Å²) in [6.07, 6.45) is 0.399. The Morgan fingerprint density at radius 2 is 1.96 bits per heavy atom. The number of rotatable bonds is 4. The van der Waals surface area contributed by atoms with Crippen LogP contribution in [0, 0.1) is 5.92 Å². The highest BCUT2D eigenvalue weighted by atomic mass is 16.5. The molecule has 7 nitrogen and oxygen atoms in total. The van der Waals surface area contributed by atoms with Crippen LogP contribution in [0.25, 0.3) is 0 Å². The lowest BCUT2D eigenvalue weighted by atomic mass is 10.0. The minimum absolute atomic E-state index is 0.0602. The maximum atomic E-state index is 12.5. The van der Waals surface area contributed by atoms with Crippen LogP contribution >= 0.6 is 0 Å². The fraction of sp³-hybridized carbons (Fsp3) is 0.556. The minimum atomic E-state index is -0.570. The van der Waals surface area contributed by atoms with Crippen LogP contribution in [0.15, 0.2) is 18.2 Å². The molecule has 7 heteroatoms. The Kier molecular flexibility index (Phi) is 5.24. The third-order valence-electron chi connectivity index (χ3n) is 4.76. The van der Waals surface area contributed by atoms with Gasteiger partial charge in [-0.25, -0.2) is 0 Å². The van der Waals surface area contributed by atoms with Gasteiger partial charge in [-0.15, -0.1) is 0 Å². The number of morpholine rings is 1. The minimum Gasteiger partial charge on any atom is -0.378 e. The molecule has 0 spiro atoms. The van der Waals surface area contributed by atoms with Crippen molar-refractivity contribution < 1.29 is 19.1 Å². The van der Waals surface area contributed by atoms with Gasteiger partial charge in [-0.05, 0) is 37.5 Å². The summed E-state index contributed by atoms with van der Waals surface area (Å²) in [6, 6.07) is 5.34. The first kappa shape index (κ1) is 17.7. The molecular formula is C18H25N3O4. The van der Waals surface area contributed by atoms with E-state index in [2.05, 4.69) is 10.2 Å². The Morgan fingerprint density at radius 1 is 1.24 bits per heavy atom. The number of hydrogen-bond acceptors (Lipinski definition) is 5. The van der Waals surface area contributed by atoms with Crippen molar-refractivity contribution in [2.45, 2.75) is 32.5 Å². The van der Waals surface area contributed by atoms with Crippen molar-refractivity contribution in [2.75, 3.05) is 36.5 Å². The molecule has 2 aliphatic rings. The number of amides is 2. The van der Waals surface area contributed by atoms with Crippen molar-refractivity contribution in [3.63, 3.8) is 0 Å². The van der Waals surface area contributed by atoms with Gasteiger partial charge in [0.25, 0.3) is 11.8 Å². The lowest BCUT2D eigenvalue weighted by molar-refractivity contribution is -0.127. The maximum absolute atomic E-state index is 12.5. The third kappa shape index (κ3) is 3.93. The number of primary amides is 1. The molecule has 25 heavy (non-hydrogen) atoms. The van der Waals surface area contributed by atoms with Crippen molar-refractivity contribution in [2.24, 2.45) is 11.7 Å². The van der Waals surface area contributed by atoms with Crippen LogP contribution in [0.1, 0.15) is 30.6 Å². The number of nitrogens with one attached hydrogen (secondary N) is 1. The molecule has 0 bridgehead atoms. The molecule has 0 aliphatic carbocycles. The summed E-state index contributed by atoms with van der Waals surface area (Å²) >= 11 is 0. The summed E-state index contributed by atoms with van der Waals surface area (Å²) in [6.45, 7) is 6.77. The molecule has 2 aliphatic heterocycles. The Bertz CT molecular complexity index is 658. The van der Waals surface area contributed by atoms with Crippen LogP contribution in [0.4, 0.5) is 11.4 Å². The average molecular weight is 347 g/mol. The summed E-state index contributed by atoms with van der Waals surface area (Å²) < 4.78 is 11.0. The summed E-state index contributed by atoms with van der Waals surface area (Å²) in [5.74, 6) is -0.669. The average Bonchev–Trinajstić information content (AvgIpc) is 2.94. The number of anilines is 2. The van der Waals surface area contributed by atoms with E-state index >= 15 is 0 Å². The van der Waals surface area contributed by atoms with Gasteiger partial charge in [0.2, 0.25) is 0 Å². The van der Waals surface area contributed by atoms with Crippen LogP contribution < -0.4 is 16.0 Å². The van der Waals surface area contributed by atoms with Gasteiger partial charge in [-0.2, -0.15) is 0 Å². The van der Waals surface area contributed by atoms with E-state index in [1.807, 2.05) is 19.9 Å².